The monoisotopic (exact) mass is 399 g/mol. The van der Waals surface area contributed by atoms with Crippen molar-refractivity contribution in [3.05, 3.63) is 69.7 Å². The Bertz CT molecular complexity index is 1160. The Morgan fingerprint density at radius 2 is 1.96 bits per heavy atom. The molecule has 3 aromatic heterocycles. The number of H-pyrrole nitrogens is 1. The van der Waals surface area contributed by atoms with Gasteiger partial charge in [-0.2, -0.15) is 5.10 Å². The molecule has 0 spiro atoms. The van der Waals surface area contributed by atoms with Crippen LogP contribution < -0.4 is 5.32 Å². The number of pyridine rings is 1. The number of aromatic amines is 1. The van der Waals surface area contributed by atoms with Crippen molar-refractivity contribution in [1.82, 2.24) is 19.7 Å². The first kappa shape index (κ1) is 17.6. The van der Waals surface area contributed by atoms with E-state index in [4.69, 9.17) is 23.2 Å². The second kappa shape index (κ2) is 6.72. The molecule has 8 heteroatoms. The molecule has 0 radical (unpaired) electrons. The number of nitrogens with zero attached hydrogens (tertiary/aromatic N) is 3. The van der Waals surface area contributed by atoms with Crippen LogP contribution in [0.25, 0.3) is 16.7 Å². The number of rotatable bonds is 3. The number of nitrogens with one attached hydrogen (secondary N) is 2. The van der Waals surface area contributed by atoms with Crippen LogP contribution in [0.4, 0.5) is 5.69 Å². The first-order valence-electron chi connectivity index (χ1n) is 8.20. The van der Waals surface area contributed by atoms with Gasteiger partial charge in [0, 0.05) is 21.6 Å². The van der Waals surface area contributed by atoms with Gasteiger partial charge in [-0.1, -0.05) is 23.2 Å². The molecule has 3 heterocycles. The maximum atomic E-state index is 12.6. The first-order valence-corrected chi connectivity index (χ1v) is 8.96. The van der Waals surface area contributed by atoms with E-state index < -0.39 is 0 Å². The predicted molar refractivity (Wildman–Crippen MR) is 107 cm³/mol. The van der Waals surface area contributed by atoms with E-state index >= 15 is 0 Å². The van der Waals surface area contributed by atoms with E-state index in [1.807, 2.05) is 19.9 Å². The van der Waals surface area contributed by atoms with E-state index in [-0.39, 0.29) is 11.6 Å². The third-order valence-electron chi connectivity index (χ3n) is 4.16. The van der Waals surface area contributed by atoms with Crippen molar-refractivity contribution in [2.24, 2.45) is 0 Å². The van der Waals surface area contributed by atoms with Crippen LogP contribution in [-0.4, -0.2) is 25.7 Å². The minimum Gasteiger partial charge on any atom is -0.349 e. The van der Waals surface area contributed by atoms with Crippen molar-refractivity contribution in [2.75, 3.05) is 5.32 Å². The normalized spacial score (nSPS) is 11.1. The summed E-state index contributed by atoms with van der Waals surface area (Å²) in [6.07, 6.45) is 1.58. The molecule has 0 atom stereocenters. The van der Waals surface area contributed by atoms with Crippen LogP contribution in [0.15, 0.2) is 42.6 Å². The first-order chi connectivity index (χ1) is 12.9. The maximum absolute atomic E-state index is 12.6. The Balaban J connectivity index is 1.58. The number of anilines is 1. The molecular weight excluding hydrogens is 385 g/mol. The molecule has 0 saturated heterocycles. The third-order valence-corrected chi connectivity index (χ3v) is 4.78. The van der Waals surface area contributed by atoms with E-state index in [0.29, 0.717) is 26.9 Å². The van der Waals surface area contributed by atoms with E-state index in [1.165, 1.54) is 0 Å². The van der Waals surface area contributed by atoms with Crippen LogP contribution in [0.3, 0.4) is 0 Å². The fourth-order valence-electron chi connectivity index (χ4n) is 2.93. The molecule has 6 nitrogen and oxygen atoms in total. The highest BCUT2D eigenvalue weighted by molar-refractivity contribution is 6.40. The lowest BCUT2D eigenvalue weighted by Crippen LogP contribution is -2.13. The lowest BCUT2D eigenvalue weighted by Gasteiger charge is -2.06. The van der Waals surface area contributed by atoms with E-state index in [9.17, 15) is 4.79 Å². The highest BCUT2D eigenvalue weighted by atomic mass is 35.5. The fourth-order valence-corrected chi connectivity index (χ4v) is 3.39. The van der Waals surface area contributed by atoms with Gasteiger partial charge in [-0.15, -0.1) is 0 Å². The molecule has 0 aliphatic rings. The van der Waals surface area contributed by atoms with Crippen LogP contribution in [-0.2, 0) is 0 Å². The minimum atomic E-state index is -0.354. The Kier molecular flexibility index (Phi) is 4.37. The zero-order valence-corrected chi connectivity index (χ0v) is 16.1. The molecule has 1 aromatic carbocycles. The second-order valence-electron chi connectivity index (χ2n) is 6.20. The SMILES string of the molecule is Cc1cc(C)n(-c2ccc(NC(=O)c3[nH]c4ccc(Cl)cc4c3Cl)cn2)n1. The fraction of sp³-hybridized carbons (Fsp3) is 0.105. The van der Waals surface area contributed by atoms with Crippen molar-refractivity contribution in [3.8, 4) is 5.82 Å². The molecule has 1 amide bonds. The molecule has 0 unspecified atom stereocenters. The predicted octanol–water partition coefficient (Wildman–Crippen LogP) is 4.92. The zero-order chi connectivity index (χ0) is 19.1. The van der Waals surface area contributed by atoms with Gasteiger partial charge in [0.1, 0.15) is 5.69 Å². The van der Waals surface area contributed by atoms with E-state index in [1.54, 1.807) is 41.2 Å². The van der Waals surface area contributed by atoms with Crippen LogP contribution in [0.2, 0.25) is 10.0 Å². The average molecular weight is 400 g/mol. The van der Waals surface area contributed by atoms with Gasteiger partial charge in [0.25, 0.3) is 5.91 Å². The lowest BCUT2D eigenvalue weighted by atomic mass is 10.2. The highest BCUT2D eigenvalue weighted by Crippen LogP contribution is 2.30. The van der Waals surface area contributed by atoms with Gasteiger partial charge in [-0.05, 0) is 50.2 Å². The van der Waals surface area contributed by atoms with Gasteiger partial charge >= 0.3 is 0 Å². The van der Waals surface area contributed by atoms with Crippen molar-refractivity contribution in [3.63, 3.8) is 0 Å². The quantitative estimate of drug-likeness (QED) is 0.512. The van der Waals surface area contributed by atoms with Gasteiger partial charge in [-0.25, -0.2) is 9.67 Å². The van der Waals surface area contributed by atoms with Gasteiger partial charge in [0.05, 0.1) is 22.6 Å². The van der Waals surface area contributed by atoms with E-state index in [0.717, 1.165) is 16.9 Å². The molecule has 2 N–H and O–H groups in total. The standard InChI is InChI=1S/C19H15Cl2N5O/c1-10-7-11(2)26(25-10)16-6-4-13(9-22-16)23-19(27)18-17(21)14-8-12(20)3-5-15(14)24-18/h3-9,24H,1-2H3,(H,23,27). The largest absolute Gasteiger partial charge is 0.349 e. The Morgan fingerprint density at radius 3 is 2.63 bits per heavy atom. The van der Waals surface area contributed by atoms with Gasteiger partial charge in [0.15, 0.2) is 5.82 Å². The number of carbonyl (C=O) groups is 1. The summed E-state index contributed by atoms with van der Waals surface area (Å²) in [6, 6.07) is 10.8. The summed E-state index contributed by atoms with van der Waals surface area (Å²) < 4.78 is 1.75. The molecule has 4 aromatic rings. The molecular formula is C19H15Cl2N5O. The highest BCUT2D eigenvalue weighted by Gasteiger charge is 2.17. The number of aromatic nitrogens is 4. The molecule has 0 aliphatic carbocycles. The van der Waals surface area contributed by atoms with Crippen LogP contribution in [0.5, 0.6) is 0 Å². The number of carbonyl (C=O) groups excluding carboxylic acids is 1. The molecule has 0 bridgehead atoms. The Hall–Kier alpha value is -2.83. The summed E-state index contributed by atoms with van der Waals surface area (Å²) in [5, 5.41) is 8.78. The summed E-state index contributed by atoms with van der Waals surface area (Å²) in [5.41, 5.74) is 3.47. The Labute approximate surface area is 165 Å². The summed E-state index contributed by atoms with van der Waals surface area (Å²) in [7, 11) is 0. The second-order valence-corrected chi connectivity index (χ2v) is 7.02. The maximum Gasteiger partial charge on any atom is 0.273 e. The number of aryl methyl sites for hydroxylation is 2. The number of fused-ring (bicyclic) bond motifs is 1. The molecule has 4 rings (SSSR count). The molecule has 0 aliphatic heterocycles. The van der Waals surface area contributed by atoms with E-state index in [2.05, 4.69) is 20.4 Å². The summed E-state index contributed by atoms with van der Waals surface area (Å²) in [5.74, 6) is 0.324. The van der Waals surface area contributed by atoms with Crippen molar-refractivity contribution >= 4 is 45.7 Å². The summed E-state index contributed by atoms with van der Waals surface area (Å²) >= 11 is 12.3. The summed E-state index contributed by atoms with van der Waals surface area (Å²) in [6.45, 7) is 3.89. The van der Waals surface area contributed by atoms with Crippen LogP contribution in [0, 0.1) is 13.8 Å². The number of hydrogen-bond donors (Lipinski definition) is 2. The summed E-state index contributed by atoms with van der Waals surface area (Å²) in [4.78, 5) is 20.0. The van der Waals surface area contributed by atoms with Crippen LogP contribution in [0.1, 0.15) is 21.9 Å². The third kappa shape index (κ3) is 3.29. The molecule has 0 saturated carbocycles. The average Bonchev–Trinajstić information content (AvgIpc) is 3.15. The van der Waals surface area contributed by atoms with Crippen LogP contribution >= 0.6 is 23.2 Å². The van der Waals surface area contributed by atoms with Crippen molar-refractivity contribution in [1.29, 1.82) is 0 Å². The van der Waals surface area contributed by atoms with Gasteiger partial charge in [-0.3, -0.25) is 4.79 Å². The van der Waals surface area contributed by atoms with Crippen molar-refractivity contribution in [2.45, 2.75) is 13.8 Å². The van der Waals surface area contributed by atoms with Gasteiger partial charge < -0.3 is 10.3 Å². The number of halogens is 2. The topological polar surface area (TPSA) is 75.6 Å². The smallest absolute Gasteiger partial charge is 0.273 e. The minimum absolute atomic E-state index is 0.275. The molecule has 0 fully saturated rings. The van der Waals surface area contributed by atoms with Gasteiger partial charge in [0.2, 0.25) is 0 Å². The number of amides is 1. The number of hydrogen-bond acceptors (Lipinski definition) is 3. The van der Waals surface area contributed by atoms with Crippen molar-refractivity contribution < 1.29 is 4.79 Å². The zero-order valence-electron chi connectivity index (χ0n) is 14.5. The number of benzene rings is 1. The lowest BCUT2D eigenvalue weighted by molar-refractivity contribution is 0.102. The molecule has 136 valence electrons. The molecule has 27 heavy (non-hydrogen) atoms. The Morgan fingerprint density at radius 1 is 1.15 bits per heavy atom.